The van der Waals surface area contributed by atoms with Crippen LogP contribution in [0.25, 0.3) is 65.9 Å². The third-order valence-electron chi connectivity index (χ3n) is 7.48. The van der Waals surface area contributed by atoms with E-state index in [-0.39, 0.29) is 0 Å². The minimum Gasteiger partial charge on any atom is -0.344 e. The number of para-hydroxylation sites is 1. The van der Waals surface area contributed by atoms with Crippen LogP contribution in [0.2, 0.25) is 0 Å². The quantitative estimate of drug-likeness (QED) is 0.189. The highest BCUT2D eigenvalue weighted by atomic mass is 79.9. The molecule has 0 unspecified atom stereocenters. The Balaban J connectivity index is 1.76. The highest BCUT2D eigenvalue weighted by Crippen LogP contribution is 2.46. The molecule has 0 spiro atoms. The van der Waals surface area contributed by atoms with Crippen molar-refractivity contribution in [2.24, 2.45) is 14.1 Å². The monoisotopic (exact) mass is 592 g/mol. The van der Waals surface area contributed by atoms with Crippen LogP contribution in [0.3, 0.4) is 0 Å². The number of nitrogens with zero attached hydrogens (tertiary/aromatic N) is 2. The van der Waals surface area contributed by atoms with Gasteiger partial charge in [-0.15, -0.1) is 0 Å². The topological polar surface area (TPSA) is 9.86 Å². The van der Waals surface area contributed by atoms with Gasteiger partial charge in [0.1, 0.15) is 0 Å². The molecule has 0 radical (unpaired) electrons. The number of aryl methyl sites for hydroxylation is 2. The van der Waals surface area contributed by atoms with Gasteiger partial charge in [0.15, 0.2) is 0 Å². The minimum atomic E-state index is 1.08. The summed E-state index contributed by atoms with van der Waals surface area (Å²) in [4.78, 5) is 0. The summed E-state index contributed by atoms with van der Waals surface area (Å²) in [6, 6.07) is 35.2. The highest BCUT2D eigenvalue weighted by Gasteiger charge is 2.22. The molecule has 0 saturated carbocycles. The molecule has 5 aromatic carbocycles. The van der Waals surface area contributed by atoms with E-state index in [1.165, 1.54) is 65.9 Å². The van der Waals surface area contributed by atoms with Crippen molar-refractivity contribution in [2.45, 2.75) is 0 Å². The summed E-state index contributed by atoms with van der Waals surface area (Å²) in [6.07, 6.45) is 0. The molecule has 4 heteroatoms. The molecule has 0 aliphatic rings. The first-order valence-corrected chi connectivity index (χ1v) is 13.5. The zero-order valence-electron chi connectivity index (χ0n) is 19.9. The number of benzene rings is 5. The smallest absolute Gasteiger partial charge is 0.0596 e. The van der Waals surface area contributed by atoms with Crippen molar-refractivity contribution in [3.63, 3.8) is 0 Å². The lowest BCUT2D eigenvalue weighted by Crippen LogP contribution is -1.91. The van der Waals surface area contributed by atoms with E-state index in [9.17, 15) is 0 Å². The number of fused-ring (bicyclic) bond motifs is 7. The summed E-state index contributed by atoms with van der Waals surface area (Å²) < 4.78 is 6.90. The highest BCUT2D eigenvalue weighted by molar-refractivity contribution is 9.10. The second kappa shape index (κ2) is 8.09. The third-order valence-corrected chi connectivity index (χ3v) is 8.53. The largest absolute Gasteiger partial charge is 0.344 e. The second-order valence-electron chi connectivity index (χ2n) is 9.39. The molecule has 0 saturated heterocycles. The van der Waals surface area contributed by atoms with Gasteiger partial charge in [-0.1, -0.05) is 86.5 Å². The second-order valence-corrected chi connectivity index (χ2v) is 11.2. The Kier molecular flexibility index (Phi) is 4.92. The molecule has 2 heterocycles. The molecule has 0 amide bonds. The van der Waals surface area contributed by atoms with Crippen molar-refractivity contribution in [1.29, 1.82) is 0 Å². The average Bonchev–Trinajstić information content (AvgIpc) is 3.36. The third kappa shape index (κ3) is 3.07. The maximum atomic E-state index is 3.62. The van der Waals surface area contributed by atoms with E-state index >= 15 is 0 Å². The number of halogens is 2. The van der Waals surface area contributed by atoms with Crippen LogP contribution in [0.15, 0.2) is 106 Å². The lowest BCUT2D eigenvalue weighted by Gasteiger charge is -2.10. The Bertz CT molecular complexity index is 1960. The molecule has 0 bridgehead atoms. The van der Waals surface area contributed by atoms with Gasteiger partial charge in [-0.3, -0.25) is 0 Å². The molecule has 2 nitrogen and oxygen atoms in total. The molecule has 0 aliphatic carbocycles. The van der Waals surface area contributed by atoms with Crippen molar-refractivity contribution in [3.05, 3.63) is 106 Å². The summed E-state index contributed by atoms with van der Waals surface area (Å²) in [7, 11) is 4.39. The van der Waals surface area contributed by atoms with E-state index in [4.69, 9.17) is 0 Å². The first kappa shape index (κ1) is 21.9. The van der Waals surface area contributed by atoms with E-state index < -0.39 is 0 Å². The standard InChI is InChI=1S/C32H22Br2N2/c1-35-26-8-4-3-6-24(26)30-28(35)18-25(20-12-16-22(34)17-13-20)31-29-23(19-10-14-21(33)15-11-19)7-5-9-27(29)36(2)32(30)31/h3-18H,1-2H3. The number of aromatic nitrogens is 2. The van der Waals surface area contributed by atoms with Crippen LogP contribution >= 0.6 is 31.9 Å². The molecular weight excluding hydrogens is 572 g/mol. The van der Waals surface area contributed by atoms with Crippen LogP contribution in [0.5, 0.6) is 0 Å². The fourth-order valence-electron chi connectivity index (χ4n) is 5.81. The van der Waals surface area contributed by atoms with Crippen molar-refractivity contribution in [3.8, 4) is 22.3 Å². The first-order chi connectivity index (χ1) is 17.5. The van der Waals surface area contributed by atoms with E-state index in [0.717, 1.165) is 8.95 Å². The zero-order valence-corrected chi connectivity index (χ0v) is 23.1. The van der Waals surface area contributed by atoms with Gasteiger partial charge in [0.2, 0.25) is 0 Å². The van der Waals surface area contributed by atoms with Gasteiger partial charge in [-0.05, 0) is 64.7 Å². The van der Waals surface area contributed by atoms with Gasteiger partial charge in [-0.25, -0.2) is 0 Å². The van der Waals surface area contributed by atoms with Gasteiger partial charge in [0.05, 0.1) is 11.0 Å². The molecule has 0 aliphatic heterocycles. The maximum absolute atomic E-state index is 3.62. The Hall–Kier alpha value is -3.34. The van der Waals surface area contributed by atoms with Crippen LogP contribution < -0.4 is 0 Å². The van der Waals surface area contributed by atoms with Crippen LogP contribution in [-0.4, -0.2) is 9.13 Å². The van der Waals surface area contributed by atoms with Crippen LogP contribution in [0.1, 0.15) is 0 Å². The van der Waals surface area contributed by atoms with Crippen molar-refractivity contribution in [1.82, 2.24) is 9.13 Å². The van der Waals surface area contributed by atoms with Crippen LogP contribution in [0, 0.1) is 0 Å². The van der Waals surface area contributed by atoms with Gasteiger partial charge < -0.3 is 9.13 Å². The van der Waals surface area contributed by atoms with E-state index in [1.54, 1.807) is 0 Å². The molecule has 7 aromatic rings. The zero-order chi connectivity index (χ0) is 24.6. The molecule has 174 valence electrons. The van der Waals surface area contributed by atoms with E-state index in [0.29, 0.717) is 0 Å². The van der Waals surface area contributed by atoms with E-state index in [2.05, 4.69) is 152 Å². The lowest BCUT2D eigenvalue weighted by molar-refractivity contribution is 1.01. The summed E-state index contributed by atoms with van der Waals surface area (Å²) in [6.45, 7) is 0. The normalized spacial score (nSPS) is 11.9. The summed E-state index contributed by atoms with van der Waals surface area (Å²) in [5.41, 5.74) is 9.96. The van der Waals surface area contributed by atoms with Gasteiger partial charge in [0, 0.05) is 55.6 Å². The summed E-state index contributed by atoms with van der Waals surface area (Å²) >= 11 is 7.22. The van der Waals surface area contributed by atoms with Crippen molar-refractivity contribution in [2.75, 3.05) is 0 Å². The predicted molar refractivity (Wildman–Crippen MR) is 161 cm³/mol. The molecular formula is C32H22Br2N2. The van der Waals surface area contributed by atoms with Gasteiger partial charge in [0.25, 0.3) is 0 Å². The Morgan fingerprint density at radius 1 is 0.500 bits per heavy atom. The van der Waals surface area contributed by atoms with Crippen LogP contribution in [-0.2, 0) is 14.1 Å². The molecule has 2 aromatic heterocycles. The fraction of sp³-hybridized carbons (Fsp3) is 0.0625. The van der Waals surface area contributed by atoms with Crippen molar-refractivity contribution < 1.29 is 0 Å². The van der Waals surface area contributed by atoms with Crippen molar-refractivity contribution >= 4 is 75.5 Å². The van der Waals surface area contributed by atoms with Gasteiger partial charge >= 0.3 is 0 Å². The number of rotatable bonds is 2. The Morgan fingerprint density at radius 2 is 1.11 bits per heavy atom. The SMILES string of the molecule is Cn1c2ccccc2c2c1cc(-c1ccc(Br)cc1)c1c3c(-c4ccc(Br)cc4)cccc3n(C)c12. The summed E-state index contributed by atoms with van der Waals surface area (Å²) in [5.74, 6) is 0. The Morgan fingerprint density at radius 3 is 1.81 bits per heavy atom. The molecule has 36 heavy (non-hydrogen) atoms. The van der Waals surface area contributed by atoms with Crippen LogP contribution in [0.4, 0.5) is 0 Å². The lowest BCUT2D eigenvalue weighted by atomic mass is 9.93. The molecule has 7 rings (SSSR count). The molecule has 0 fully saturated rings. The molecule has 0 N–H and O–H groups in total. The Labute approximate surface area is 226 Å². The number of hydrogen-bond donors (Lipinski definition) is 0. The molecule has 0 atom stereocenters. The van der Waals surface area contributed by atoms with E-state index in [1.807, 2.05) is 0 Å². The summed E-state index contributed by atoms with van der Waals surface area (Å²) in [5, 5.41) is 5.20. The predicted octanol–water partition coefficient (Wildman–Crippen LogP) is 9.84. The number of hydrogen-bond acceptors (Lipinski definition) is 0. The minimum absolute atomic E-state index is 1.08. The first-order valence-electron chi connectivity index (χ1n) is 12.0. The maximum Gasteiger partial charge on any atom is 0.0596 e. The fourth-order valence-corrected chi connectivity index (χ4v) is 6.34. The average molecular weight is 594 g/mol. The van der Waals surface area contributed by atoms with Gasteiger partial charge in [-0.2, -0.15) is 0 Å².